The van der Waals surface area contributed by atoms with Gasteiger partial charge < -0.3 is 14.8 Å². The van der Waals surface area contributed by atoms with E-state index in [-0.39, 0.29) is 5.91 Å². The molecule has 6 heteroatoms. The molecular formula is C16H17FN2O3. The van der Waals surface area contributed by atoms with Crippen LogP contribution in [-0.2, 0) is 4.79 Å². The van der Waals surface area contributed by atoms with Crippen LogP contribution in [0.5, 0.6) is 11.5 Å². The summed E-state index contributed by atoms with van der Waals surface area (Å²) in [5, 5.41) is 2.59. The first-order valence-corrected chi connectivity index (χ1v) is 6.85. The van der Waals surface area contributed by atoms with Crippen LogP contribution in [0.25, 0.3) is 0 Å². The zero-order chi connectivity index (χ0) is 15.8. The number of carbonyl (C=O) groups excluding carboxylic acids is 1. The second-order valence-electron chi connectivity index (χ2n) is 4.54. The van der Waals surface area contributed by atoms with Crippen molar-refractivity contribution >= 4 is 11.7 Å². The quantitative estimate of drug-likeness (QED) is 0.799. The van der Waals surface area contributed by atoms with Crippen molar-refractivity contribution in [3.8, 4) is 11.5 Å². The predicted molar refractivity (Wildman–Crippen MR) is 80.5 cm³/mol. The Hall–Kier alpha value is -2.63. The van der Waals surface area contributed by atoms with E-state index in [0.717, 1.165) is 17.7 Å². The Labute approximate surface area is 128 Å². The fraction of sp³-hybridized carbons (Fsp3) is 0.250. The number of hydrogen-bond donors (Lipinski definition) is 1. The van der Waals surface area contributed by atoms with Crippen molar-refractivity contribution in [2.75, 3.05) is 19.0 Å². The fourth-order valence-electron chi connectivity index (χ4n) is 1.75. The number of rotatable bonds is 7. The molecule has 0 aliphatic carbocycles. The minimum atomic E-state index is -0.439. The highest BCUT2D eigenvalue weighted by Crippen LogP contribution is 2.17. The van der Waals surface area contributed by atoms with Crippen LogP contribution in [0.15, 0.2) is 42.6 Å². The number of halogens is 1. The van der Waals surface area contributed by atoms with Crippen molar-refractivity contribution in [2.45, 2.75) is 12.8 Å². The molecule has 0 unspecified atom stereocenters. The molecule has 0 saturated carbocycles. The van der Waals surface area contributed by atoms with E-state index in [0.29, 0.717) is 25.3 Å². The monoisotopic (exact) mass is 304 g/mol. The van der Waals surface area contributed by atoms with E-state index in [4.69, 9.17) is 9.47 Å². The molecule has 0 atom stereocenters. The molecule has 1 heterocycles. The molecule has 5 nitrogen and oxygen atoms in total. The summed E-state index contributed by atoms with van der Waals surface area (Å²) >= 11 is 0. The summed E-state index contributed by atoms with van der Waals surface area (Å²) in [5.41, 5.74) is 0. The van der Waals surface area contributed by atoms with Crippen LogP contribution < -0.4 is 14.8 Å². The van der Waals surface area contributed by atoms with Gasteiger partial charge in [0.25, 0.3) is 0 Å². The second kappa shape index (κ2) is 7.97. The van der Waals surface area contributed by atoms with Crippen LogP contribution in [-0.4, -0.2) is 24.6 Å². The number of nitrogens with zero attached hydrogens (tertiary/aromatic N) is 1. The van der Waals surface area contributed by atoms with Gasteiger partial charge >= 0.3 is 0 Å². The zero-order valence-corrected chi connectivity index (χ0v) is 12.2. The van der Waals surface area contributed by atoms with Crippen LogP contribution >= 0.6 is 0 Å². The first-order chi connectivity index (χ1) is 10.7. The van der Waals surface area contributed by atoms with Crippen molar-refractivity contribution in [2.24, 2.45) is 0 Å². The van der Waals surface area contributed by atoms with Gasteiger partial charge in [-0.25, -0.2) is 9.37 Å². The summed E-state index contributed by atoms with van der Waals surface area (Å²) in [6.07, 6.45) is 1.93. The molecule has 0 fully saturated rings. The maximum atomic E-state index is 12.7. The Morgan fingerprint density at radius 1 is 1.18 bits per heavy atom. The van der Waals surface area contributed by atoms with E-state index < -0.39 is 5.82 Å². The van der Waals surface area contributed by atoms with Crippen molar-refractivity contribution < 1.29 is 18.7 Å². The van der Waals surface area contributed by atoms with Gasteiger partial charge in [-0.15, -0.1) is 0 Å². The molecule has 1 amide bonds. The molecular weight excluding hydrogens is 287 g/mol. The highest BCUT2D eigenvalue weighted by atomic mass is 19.1. The summed E-state index contributed by atoms with van der Waals surface area (Å²) in [6, 6.07) is 9.89. The molecule has 0 saturated heterocycles. The lowest BCUT2D eigenvalue weighted by Gasteiger charge is -2.07. The molecule has 22 heavy (non-hydrogen) atoms. The highest BCUT2D eigenvalue weighted by Gasteiger charge is 2.04. The molecule has 116 valence electrons. The Morgan fingerprint density at radius 3 is 2.55 bits per heavy atom. The van der Waals surface area contributed by atoms with Crippen molar-refractivity contribution in [1.29, 1.82) is 0 Å². The van der Waals surface area contributed by atoms with E-state index in [1.54, 1.807) is 19.2 Å². The number of hydrogen-bond acceptors (Lipinski definition) is 4. The fourth-order valence-corrected chi connectivity index (χ4v) is 1.75. The Kier molecular flexibility index (Phi) is 5.71. The number of nitrogens with one attached hydrogen (secondary N) is 1. The van der Waals surface area contributed by atoms with Crippen LogP contribution in [0.1, 0.15) is 12.8 Å². The number of benzene rings is 1. The largest absolute Gasteiger partial charge is 0.497 e. The van der Waals surface area contributed by atoms with E-state index in [9.17, 15) is 9.18 Å². The number of carbonyl (C=O) groups is 1. The lowest BCUT2D eigenvalue weighted by molar-refractivity contribution is -0.116. The Balaban J connectivity index is 1.67. The van der Waals surface area contributed by atoms with Gasteiger partial charge in [0, 0.05) is 6.42 Å². The van der Waals surface area contributed by atoms with Crippen LogP contribution in [0.2, 0.25) is 0 Å². The summed E-state index contributed by atoms with van der Waals surface area (Å²) in [7, 11) is 1.60. The molecule has 0 radical (unpaired) electrons. The normalized spacial score (nSPS) is 10.1. The third-order valence-corrected chi connectivity index (χ3v) is 2.87. The minimum absolute atomic E-state index is 0.183. The summed E-state index contributed by atoms with van der Waals surface area (Å²) in [4.78, 5) is 15.4. The number of pyridine rings is 1. The topological polar surface area (TPSA) is 60.5 Å². The van der Waals surface area contributed by atoms with Gasteiger partial charge in [-0.3, -0.25) is 4.79 Å². The first-order valence-electron chi connectivity index (χ1n) is 6.85. The molecule has 1 aromatic carbocycles. The summed E-state index contributed by atoms with van der Waals surface area (Å²) in [6.45, 7) is 0.427. The maximum absolute atomic E-state index is 12.7. The van der Waals surface area contributed by atoms with Gasteiger partial charge in [0.1, 0.15) is 23.1 Å². The average Bonchev–Trinajstić information content (AvgIpc) is 2.54. The lowest BCUT2D eigenvalue weighted by Crippen LogP contribution is -2.13. The third kappa shape index (κ3) is 5.05. The molecule has 2 rings (SSSR count). The predicted octanol–water partition coefficient (Wildman–Crippen LogP) is 3.03. The van der Waals surface area contributed by atoms with Gasteiger partial charge in [-0.1, -0.05) is 0 Å². The van der Waals surface area contributed by atoms with Crippen LogP contribution in [0, 0.1) is 5.82 Å². The molecule has 1 aromatic heterocycles. The highest BCUT2D eigenvalue weighted by molar-refractivity contribution is 5.89. The molecule has 1 N–H and O–H groups in total. The molecule has 0 aliphatic heterocycles. The lowest BCUT2D eigenvalue weighted by atomic mass is 10.3. The van der Waals surface area contributed by atoms with E-state index >= 15 is 0 Å². The SMILES string of the molecule is COc1ccc(OCCCC(=O)Nc2ccc(F)cn2)cc1. The average molecular weight is 304 g/mol. The maximum Gasteiger partial charge on any atom is 0.225 e. The van der Waals surface area contributed by atoms with E-state index in [2.05, 4.69) is 10.3 Å². The first kappa shape index (κ1) is 15.8. The number of anilines is 1. The summed E-state index contributed by atoms with van der Waals surface area (Å²) in [5.74, 6) is 1.20. The number of aromatic nitrogens is 1. The Bertz CT molecular complexity index is 600. The third-order valence-electron chi connectivity index (χ3n) is 2.87. The van der Waals surface area contributed by atoms with Crippen molar-refractivity contribution in [1.82, 2.24) is 4.98 Å². The van der Waals surface area contributed by atoms with E-state index in [1.807, 2.05) is 12.1 Å². The smallest absolute Gasteiger partial charge is 0.225 e. The minimum Gasteiger partial charge on any atom is -0.497 e. The van der Waals surface area contributed by atoms with Gasteiger partial charge in [-0.05, 0) is 42.8 Å². The van der Waals surface area contributed by atoms with Gasteiger partial charge in [0.2, 0.25) is 5.91 Å². The van der Waals surface area contributed by atoms with Gasteiger partial charge in [0.15, 0.2) is 0 Å². The molecule has 0 spiro atoms. The second-order valence-corrected chi connectivity index (χ2v) is 4.54. The van der Waals surface area contributed by atoms with Crippen LogP contribution in [0.4, 0.5) is 10.2 Å². The zero-order valence-electron chi connectivity index (χ0n) is 12.2. The number of ether oxygens (including phenoxy) is 2. The number of amides is 1. The standard InChI is InChI=1S/C16H17FN2O3/c1-21-13-5-7-14(8-6-13)22-10-2-3-16(20)19-15-9-4-12(17)11-18-15/h4-9,11H,2-3,10H2,1H3,(H,18,19,20). The van der Waals surface area contributed by atoms with Gasteiger partial charge in [0.05, 0.1) is 19.9 Å². The number of methoxy groups -OCH3 is 1. The van der Waals surface area contributed by atoms with Crippen molar-refractivity contribution in [3.05, 3.63) is 48.4 Å². The van der Waals surface area contributed by atoms with E-state index in [1.165, 1.54) is 12.1 Å². The van der Waals surface area contributed by atoms with Gasteiger partial charge in [-0.2, -0.15) is 0 Å². The molecule has 2 aromatic rings. The van der Waals surface area contributed by atoms with Crippen molar-refractivity contribution in [3.63, 3.8) is 0 Å². The summed E-state index contributed by atoms with van der Waals surface area (Å²) < 4.78 is 23.3. The molecule has 0 aliphatic rings. The van der Waals surface area contributed by atoms with Crippen LogP contribution in [0.3, 0.4) is 0 Å². The Morgan fingerprint density at radius 2 is 1.91 bits per heavy atom. The molecule has 0 bridgehead atoms.